The van der Waals surface area contributed by atoms with Crippen LogP contribution in [0.5, 0.6) is 0 Å². The van der Waals surface area contributed by atoms with E-state index in [1.807, 2.05) is 42.7 Å². The lowest BCUT2D eigenvalue weighted by molar-refractivity contribution is 0.102. The van der Waals surface area contributed by atoms with Crippen LogP contribution in [-0.4, -0.2) is 30.6 Å². The van der Waals surface area contributed by atoms with Gasteiger partial charge < -0.3 is 9.88 Å². The Kier molecular flexibility index (Phi) is 4.18. The van der Waals surface area contributed by atoms with Crippen molar-refractivity contribution in [2.75, 3.05) is 5.32 Å². The number of carbonyl (C=O) groups excluding carboxylic acids is 1. The molecule has 0 spiro atoms. The molecule has 1 N–H and O–H groups in total. The molecular weight excluding hydrogens is 348 g/mol. The molecule has 0 saturated carbocycles. The van der Waals surface area contributed by atoms with E-state index >= 15 is 0 Å². The number of thiazole rings is 1. The smallest absolute Gasteiger partial charge is 0.256 e. The van der Waals surface area contributed by atoms with Crippen LogP contribution in [0, 0.1) is 0 Å². The topological polar surface area (TPSA) is 85.6 Å². The predicted molar refractivity (Wildman–Crippen MR) is 101 cm³/mol. The first-order chi connectivity index (χ1) is 12.6. The number of anilines is 1. The number of nitrogens with one attached hydrogen (secondary N) is 1. The van der Waals surface area contributed by atoms with E-state index in [2.05, 4.69) is 25.5 Å². The van der Waals surface area contributed by atoms with Crippen molar-refractivity contribution >= 4 is 33.3 Å². The first-order valence-corrected chi connectivity index (χ1v) is 9.01. The number of aromatic nitrogens is 5. The maximum absolute atomic E-state index is 12.6. The summed E-state index contributed by atoms with van der Waals surface area (Å²) in [7, 11) is 0. The molecule has 0 radical (unpaired) electrons. The molecule has 0 aliphatic carbocycles. The molecule has 0 saturated heterocycles. The average Bonchev–Trinajstić information content (AvgIpc) is 3.30. The molecule has 8 heteroatoms. The van der Waals surface area contributed by atoms with Gasteiger partial charge in [-0.25, -0.2) is 9.97 Å². The lowest BCUT2D eigenvalue weighted by atomic mass is 10.2. The quantitative estimate of drug-likeness (QED) is 0.595. The Morgan fingerprint density at radius 2 is 2.12 bits per heavy atom. The minimum absolute atomic E-state index is 0.213. The van der Waals surface area contributed by atoms with E-state index in [1.54, 1.807) is 24.0 Å². The third-order valence-electron chi connectivity index (χ3n) is 3.94. The molecule has 4 aromatic rings. The van der Waals surface area contributed by atoms with Crippen LogP contribution < -0.4 is 5.32 Å². The van der Waals surface area contributed by atoms with E-state index < -0.39 is 0 Å². The fourth-order valence-electron chi connectivity index (χ4n) is 2.62. The summed E-state index contributed by atoms with van der Waals surface area (Å²) in [5.41, 5.74) is 3.88. The van der Waals surface area contributed by atoms with Crippen LogP contribution in [0.1, 0.15) is 30.2 Å². The van der Waals surface area contributed by atoms with Crippen molar-refractivity contribution in [2.24, 2.45) is 0 Å². The Labute approximate surface area is 153 Å². The lowest BCUT2D eigenvalue weighted by Gasteiger charge is -2.10. The molecule has 0 atom stereocenters. The molecule has 130 valence electrons. The van der Waals surface area contributed by atoms with Crippen LogP contribution in [-0.2, 0) is 0 Å². The maximum Gasteiger partial charge on any atom is 0.256 e. The summed E-state index contributed by atoms with van der Waals surface area (Å²) in [5, 5.41) is 11.0. The number of hydrogen-bond donors (Lipinski definition) is 1. The van der Waals surface area contributed by atoms with Gasteiger partial charge >= 0.3 is 0 Å². The van der Waals surface area contributed by atoms with Crippen LogP contribution in [0.2, 0.25) is 0 Å². The maximum atomic E-state index is 12.6. The predicted octanol–water partition coefficient (Wildman–Crippen LogP) is 3.78. The van der Waals surface area contributed by atoms with E-state index in [4.69, 9.17) is 0 Å². The van der Waals surface area contributed by atoms with Crippen molar-refractivity contribution in [3.05, 3.63) is 53.8 Å². The van der Waals surface area contributed by atoms with Gasteiger partial charge in [-0.15, -0.1) is 21.5 Å². The molecule has 7 nitrogen and oxygen atoms in total. The highest BCUT2D eigenvalue weighted by atomic mass is 32.1. The Morgan fingerprint density at radius 3 is 2.96 bits per heavy atom. The number of benzene rings is 1. The van der Waals surface area contributed by atoms with E-state index in [-0.39, 0.29) is 11.9 Å². The molecule has 0 unspecified atom stereocenters. The summed E-state index contributed by atoms with van der Waals surface area (Å²) in [6, 6.07) is 11.1. The van der Waals surface area contributed by atoms with Crippen LogP contribution in [0.25, 0.3) is 21.7 Å². The monoisotopic (exact) mass is 364 g/mol. The van der Waals surface area contributed by atoms with Crippen LogP contribution in [0.3, 0.4) is 0 Å². The minimum Gasteiger partial charge on any atom is -0.310 e. The summed E-state index contributed by atoms with van der Waals surface area (Å²) in [5.74, 6) is 0.924. The summed E-state index contributed by atoms with van der Waals surface area (Å²) in [6.45, 7) is 4.10. The highest BCUT2D eigenvalue weighted by Crippen LogP contribution is 2.21. The molecule has 26 heavy (non-hydrogen) atoms. The van der Waals surface area contributed by atoms with Crippen LogP contribution in [0.4, 0.5) is 5.82 Å². The normalized spacial score (nSPS) is 11.2. The number of amides is 1. The zero-order valence-electron chi connectivity index (χ0n) is 14.2. The fraction of sp³-hybridized carbons (Fsp3) is 0.167. The largest absolute Gasteiger partial charge is 0.310 e. The van der Waals surface area contributed by atoms with E-state index in [9.17, 15) is 4.79 Å². The minimum atomic E-state index is -0.213. The zero-order valence-corrected chi connectivity index (χ0v) is 15.1. The molecule has 3 heterocycles. The number of hydrogen-bond acceptors (Lipinski definition) is 6. The van der Waals surface area contributed by atoms with Gasteiger partial charge in [-0.05, 0) is 44.2 Å². The molecule has 3 aromatic heterocycles. The van der Waals surface area contributed by atoms with Crippen molar-refractivity contribution in [2.45, 2.75) is 19.9 Å². The fourth-order valence-corrected chi connectivity index (χ4v) is 3.33. The number of carbonyl (C=O) groups is 1. The third-order valence-corrected chi connectivity index (χ3v) is 4.73. The van der Waals surface area contributed by atoms with Gasteiger partial charge in [-0.2, -0.15) is 0 Å². The van der Waals surface area contributed by atoms with Crippen molar-refractivity contribution in [1.29, 1.82) is 0 Å². The van der Waals surface area contributed by atoms with Gasteiger partial charge in [0, 0.05) is 11.6 Å². The highest BCUT2D eigenvalue weighted by Gasteiger charge is 2.13. The lowest BCUT2D eigenvalue weighted by Crippen LogP contribution is -2.13. The molecular formula is C18H16N6OS. The first-order valence-electron chi connectivity index (χ1n) is 8.13. The number of fused-ring (bicyclic) bond motifs is 1. The summed E-state index contributed by atoms with van der Waals surface area (Å²) >= 11 is 1.51. The summed E-state index contributed by atoms with van der Waals surface area (Å²) in [4.78, 5) is 21.3. The SMILES string of the molecule is CC(C)n1cnnc1-c1cccc(NC(=O)c2ccc3ncsc3c2)n1. The number of rotatable bonds is 4. The Morgan fingerprint density at radius 1 is 1.23 bits per heavy atom. The van der Waals surface area contributed by atoms with Gasteiger partial charge in [0.1, 0.15) is 17.8 Å². The molecule has 1 aromatic carbocycles. The van der Waals surface area contributed by atoms with Gasteiger partial charge in [-0.3, -0.25) is 4.79 Å². The average molecular weight is 364 g/mol. The number of pyridine rings is 1. The van der Waals surface area contributed by atoms with Gasteiger partial charge in [0.05, 0.1) is 15.7 Å². The third kappa shape index (κ3) is 3.06. The summed E-state index contributed by atoms with van der Waals surface area (Å²) < 4.78 is 2.91. The Bertz CT molecular complexity index is 1080. The second-order valence-electron chi connectivity index (χ2n) is 6.05. The Hall–Kier alpha value is -3.13. The van der Waals surface area contributed by atoms with E-state index in [0.717, 1.165) is 10.2 Å². The first kappa shape index (κ1) is 16.3. The van der Waals surface area contributed by atoms with E-state index in [0.29, 0.717) is 22.9 Å². The standard InChI is InChI=1S/C18H16N6OS/c1-11(2)24-9-20-23-17(24)14-4-3-5-16(21-14)22-18(25)12-6-7-13-15(8-12)26-10-19-13/h3-11H,1-2H3,(H,21,22,25). The number of nitrogens with zero attached hydrogens (tertiary/aromatic N) is 5. The second kappa shape index (κ2) is 6.64. The molecule has 4 rings (SSSR count). The molecule has 0 fully saturated rings. The van der Waals surface area contributed by atoms with Crippen LogP contribution in [0.15, 0.2) is 48.2 Å². The molecule has 0 aliphatic heterocycles. The van der Waals surface area contributed by atoms with Gasteiger partial charge in [-0.1, -0.05) is 6.07 Å². The van der Waals surface area contributed by atoms with Crippen molar-refractivity contribution in [3.63, 3.8) is 0 Å². The second-order valence-corrected chi connectivity index (χ2v) is 6.94. The Balaban J connectivity index is 1.60. The van der Waals surface area contributed by atoms with Gasteiger partial charge in [0.15, 0.2) is 5.82 Å². The molecule has 1 amide bonds. The van der Waals surface area contributed by atoms with E-state index in [1.165, 1.54) is 11.3 Å². The highest BCUT2D eigenvalue weighted by molar-refractivity contribution is 7.16. The summed E-state index contributed by atoms with van der Waals surface area (Å²) in [6.07, 6.45) is 1.68. The van der Waals surface area contributed by atoms with Crippen molar-refractivity contribution in [3.8, 4) is 11.5 Å². The molecule has 0 bridgehead atoms. The van der Waals surface area contributed by atoms with Crippen LogP contribution >= 0.6 is 11.3 Å². The molecule has 0 aliphatic rings. The van der Waals surface area contributed by atoms with Crippen molar-refractivity contribution in [1.82, 2.24) is 24.7 Å². The zero-order chi connectivity index (χ0) is 18.1. The van der Waals surface area contributed by atoms with Gasteiger partial charge in [0.2, 0.25) is 0 Å². The van der Waals surface area contributed by atoms with Gasteiger partial charge in [0.25, 0.3) is 5.91 Å². The van der Waals surface area contributed by atoms with Crippen molar-refractivity contribution < 1.29 is 4.79 Å².